The average molecular weight is 228 g/mol. The second-order valence-electron chi connectivity index (χ2n) is 5.11. The molecule has 16 heavy (non-hydrogen) atoms. The third-order valence-corrected chi connectivity index (χ3v) is 2.78. The van der Waals surface area contributed by atoms with E-state index in [1.54, 1.807) is 0 Å². The average Bonchev–Trinajstić information content (AvgIpc) is 2.17. The minimum Gasteiger partial charge on any atom is -0.378 e. The molecule has 0 bridgehead atoms. The van der Waals surface area contributed by atoms with Crippen LogP contribution in [0, 0.1) is 0 Å². The van der Waals surface area contributed by atoms with E-state index in [-0.39, 0.29) is 17.5 Å². The predicted octanol–water partition coefficient (Wildman–Crippen LogP) is 1.06. The van der Waals surface area contributed by atoms with Crippen LogP contribution < -0.4 is 10.6 Å². The SMILES string of the molecule is CCCC(C)(C)NC(=O)CC1COCCN1. The summed E-state index contributed by atoms with van der Waals surface area (Å²) in [6.07, 6.45) is 2.60. The van der Waals surface area contributed by atoms with E-state index in [0.717, 1.165) is 26.0 Å². The van der Waals surface area contributed by atoms with Gasteiger partial charge >= 0.3 is 0 Å². The Labute approximate surface area is 98.1 Å². The number of carbonyl (C=O) groups excluding carboxylic acids is 1. The minimum atomic E-state index is -0.0959. The number of rotatable bonds is 5. The summed E-state index contributed by atoms with van der Waals surface area (Å²) in [5.41, 5.74) is -0.0959. The van der Waals surface area contributed by atoms with Crippen LogP contribution in [0.3, 0.4) is 0 Å². The van der Waals surface area contributed by atoms with Crippen LogP contribution in [0.25, 0.3) is 0 Å². The van der Waals surface area contributed by atoms with Crippen LogP contribution in [-0.4, -0.2) is 37.2 Å². The molecule has 1 aliphatic rings. The normalized spacial score (nSPS) is 21.8. The minimum absolute atomic E-state index is 0.0959. The van der Waals surface area contributed by atoms with Crippen LogP contribution >= 0.6 is 0 Å². The fraction of sp³-hybridized carbons (Fsp3) is 0.917. The van der Waals surface area contributed by atoms with Crippen LogP contribution in [0.2, 0.25) is 0 Å². The molecule has 94 valence electrons. The van der Waals surface area contributed by atoms with Gasteiger partial charge in [-0.05, 0) is 20.3 Å². The van der Waals surface area contributed by atoms with E-state index >= 15 is 0 Å². The lowest BCUT2D eigenvalue weighted by molar-refractivity contribution is -0.123. The highest BCUT2D eigenvalue weighted by molar-refractivity contribution is 5.77. The second kappa shape index (κ2) is 6.21. The van der Waals surface area contributed by atoms with E-state index in [1.165, 1.54) is 0 Å². The molecule has 1 amide bonds. The van der Waals surface area contributed by atoms with Gasteiger partial charge in [0, 0.05) is 24.5 Å². The molecule has 0 radical (unpaired) electrons. The number of amides is 1. The number of nitrogens with one attached hydrogen (secondary N) is 2. The van der Waals surface area contributed by atoms with Crippen molar-refractivity contribution in [3.05, 3.63) is 0 Å². The van der Waals surface area contributed by atoms with E-state index in [9.17, 15) is 4.79 Å². The molecule has 1 aliphatic heterocycles. The Kier molecular flexibility index (Phi) is 5.22. The van der Waals surface area contributed by atoms with Crippen molar-refractivity contribution in [1.29, 1.82) is 0 Å². The maximum absolute atomic E-state index is 11.8. The van der Waals surface area contributed by atoms with Crippen molar-refractivity contribution in [3.63, 3.8) is 0 Å². The molecule has 0 aromatic carbocycles. The Morgan fingerprint density at radius 2 is 2.31 bits per heavy atom. The predicted molar refractivity (Wildman–Crippen MR) is 64.4 cm³/mol. The first-order valence-electron chi connectivity index (χ1n) is 6.15. The Bertz CT molecular complexity index is 223. The van der Waals surface area contributed by atoms with Gasteiger partial charge in [0.15, 0.2) is 0 Å². The molecule has 0 aliphatic carbocycles. The van der Waals surface area contributed by atoms with Crippen molar-refractivity contribution in [2.75, 3.05) is 19.8 Å². The zero-order chi connectivity index (χ0) is 12.0. The molecule has 0 aromatic rings. The van der Waals surface area contributed by atoms with Crippen LogP contribution in [0.5, 0.6) is 0 Å². The van der Waals surface area contributed by atoms with Gasteiger partial charge in [0.2, 0.25) is 5.91 Å². The lowest BCUT2D eigenvalue weighted by Gasteiger charge is -2.28. The number of ether oxygens (including phenoxy) is 1. The van der Waals surface area contributed by atoms with Crippen molar-refractivity contribution < 1.29 is 9.53 Å². The lowest BCUT2D eigenvalue weighted by Crippen LogP contribution is -2.48. The molecule has 1 heterocycles. The standard InChI is InChI=1S/C12H24N2O2/c1-4-5-12(2,3)14-11(15)8-10-9-16-7-6-13-10/h10,13H,4-9H2,1-3H3,(H,14,15). The molecule has 1 fully saturated rings. The van der Waals surface area contributed by atoms with Gasteiger partial charge in [0.1, 0.15) is 0 Å². The largest absolute Gasteiger partial charge is 0.378 e. The summed E-state index contributed by atoms with van der Waals surface area (Å²) in [6, 6.07) is 0.172. The van der Waals surface area contributed by atoms with Crippen molar-refractivity contribution in [2.45, 2.75) is 51.6 Å². The van der Waals surface area contributed by atoms with Gasteiger partial charge in [-0.25, -0.2) is 0 Å². The van der Waals surface area contributed by atoms with Crippen molar-refractivity contribution in [2.24, 2.45) is 0 Å². The molecule has 0 saturated carbocycles. The van der Waals surface area contributed by atoms with Gasteiger partial charge in [-0.1, -0.05) is 13.3 Å². The molecule has 1 rings (SSSR count). The number of carbonyl (C=O) groups is 1. The molecular formula is C12H24N2O2. The van der Waals surface area contributed by atoms with Gasteiger partial charge in [-0.3, -0.25) is 4.79 Å². The molecule has 2 N–H and O–H groups in total. The monoisotopic (exact) mass is 228 g/mol. The van der Waals surface area contributed by atoms with E-state index in [4.69, 9.17) is 4.74 Å². The molecule has 4 nitrogen and oxygen atoms in total. The Morgan fingerprint density at radius 3 is 2.88 bits per heavy atom. The second-order valence-corrected chi connectivity index (χ2v) is 5.11. The summed E-state index contributed by atoms with van der Waals surface area (Å²) in [7, 11) is 0. The van der Waals surface area contributed by atoms with Gasteiger partial charge in [-0.15, -0.1) is 0 Å². The van der Waals surface area contributed by atoms with Crippen molar-refractivity contribution in [1.82, 2.24) is 10.6 Å². The van der Waals surface area contributed by atoms with Crippen molar-refractivity contribution in [3.8, 4) is 0 Å². The third kappa shape index (κ3) is 4.94. The molecular weight excluding hydrogens is 204 g/mol. The summed E-state index contributed by atoms with van der Waals surface area (Å²) in [4.78, 5) is 11.8. The van der Waals surface area contributed by atoms with Crippen LogP contribution in [0.1, 0.15) is 40.0 Å². The maximum atomic E-state index is 11.8. The first-order chi connectivity index (χ1) is 7.53. The molecule has 0 aromatic heterocycles. The highest BCUT2D eigenvalue weighted by Crippen LogP contribution is 2.11. The smallest absolute Gasteiger partial charge is 0.222 e. The molecule has 4 heteroatoms. The molecule has 1 unspecified atom stereocenters. The third-order valence-electron chi connectivity index (χ3n) is 2.78. The van der Waals surface area contributed by atoms with Gasteiger partial charge in [0.25, 0.3) is 0 Å². The Morgan fingerprint density at radius 1 is 1.56 bits per heavy atom. The van der Waals surface area contributed by atoms with Crippen LogP contribution in [0.4, 0.5) is 0 Å². The van der Waals surface area contributed by atoms with Gasteiger partial charge < -0.3 is 15.4 Å². The van der Waals surface area contributed by atoms with Gasteiger partial charge in [0.05, 0.1) is 13.2 Å². The van der Waals surface area contributed by atoms with E-state index in [1.807, 2.05) is 0 Å². The summed E-state index contributed by atoms with van der Waals surface area (Å²) in [5, 5.41) is 6.35. The topological polar surface area (TPSA) is 50.4 Å². The summed E-state index contributed by atoms with van der Waals surface area (Å²) in [6.45, 7) is 8.50. The van der Waals surface area contributed by atoms with E-state index < -0.39 is 0 Å². The zero-order valence-corrected chi connectivity index (χ0v) is 10.6. The molecule has 0 spiro atoms. The first kappa shape index (κ1) is 13.5. The highest BCUT2D eigenvalue weighted by atomic mass is 16.5. The summed E-state index contributed by atoms with van der Waals surface area (Å²) in [5.74, 6) is 0.112. The molecule has 1 atom stereocenters. The van der Waals surface area contributed by atoms with Crippen LogP contribution in [0.15, 0.2) is 0 Å². The molecule has 1 saturated heterocycles. The zero-order valence-electron chi connectivity index (χ0n) is 10.6. The van der Waals surface area contributed by atoms with E-state index in [0.29, 0.717) is 13.0 Å². The van der Waals surface area contributed by atoms with E-state index in [2.05, 4.69) is 31.4 Å². The Hall–Kier alpha value is -0.610. The fourth-order valence-electron chi connectivity index (χ4n) is 2.09. The quantitative estimate of drug-likeness (QED) is 0.740. The number of hydrogen-bond acceptors (Lipinski definition) is 3. The fourth-order valence-corrected chi connectivity index (χ4v) is 2.09. The van der Waals surface area contributed by atoms with Crippen LogP contribution in [-0.2, 0) is 9.53 Å². The Balaban J connectivity index is 2.28. The highest BCUT2D eigenvalue weighted by Gasteiger charge is 2.22. The maximum Gasteiger partial charge on any atom is 0.222 e. The lowest BCUT2D eigenvalue weighted by atomic mass is 9.98. The van der Waals surface area contributed by atoms with Gasteiger partial charge in [-0.2, -0.15) is 0 Å². The summed E-state index contributed by atoms with van der Waals surface area (Å²) >= 11 is 0. The summed E-state index contributed by atoms with van der Waals surface area (Å²) < 4.78 is 5.32. The number of morpholine rings is 1. The number of hydrogen-bond donors (Lipinski definition) is 2. The van der Waals surface area contributed by atoms with Crippen molar-refractivity contribution >= 4 is 5.91 Å². The first-order valence-corrected chi connectivity index (χ1v) is 6.15.